The molecule has 2 aliphatic rings. The van der Waals surface area contributed by atoms with Crippen molar-refractivity contribution in [2.24, 2.45) is 0 Å². The van der Waals surface area contributed by atoms with Crippen molar-refractivity contribution in [3.8, 4) is 28.3 Å². The van der Waals surface area contributed by atoms with E-state index in [2.05, 4.69) is 20.6 Å². The van der Waals surface area contributed by atoms with Gasteiger partial charge in [0.05, 0.1) is 16.8 Å². The number of anilines is 2. The topological polar surface area (TPSA) is 100 Å². The Morgan fingerprint density at radius 1 is 0.794 bits per heavy atom. The van der Waals surface area contributed by atoms with Crippen molar-refractivity contribution in [1.82, 2.24) is 24.6 Å². The fourth-order valence-corrected chi connectivity index (χ4v) is 5.22. The highest BCUT2D eigenvalue weighted by atomic mass is 16.3. The molecule has 2 fully saturated rings. The summed E-state index contributed by atoms with van der Waals surface area (Å²) in [5.41, 5.74) is 4.38. The van der Waals surface area contributed by atoms with Gasteiger partial charge in [0.1, 0.15) is 11.4 Å². The number of nitrogens with one attached hydrogen (secondary N) is 2. The van der Waals surface area contributed by atoms with E-state index < -0.39 is 0 Å². The highest BCUT2D eigenvalue weighted by Crippen LogP contribution is 2.36. The van der Waals surface area contributed by atoms with E-state index in [9.17, 15) is 5.11 Å². The highest BCUT2D eigenvalue weighted by Gasteiger charge is 2.23. The monoisotopic (exact) mass is 455 g/mol. The number of aromatic hydroxyl groups is 1. The quantitative estimate of drug-likeness (QED) is 0.364. The van der Waals surface area contributed by atoms with Crippen molar-refractivity contribution < 1.29 is 5.11 Å². The summed E-state index contributed by atoms with van der Waals surface area (Å²) in [5.74, 6) is 1.62. The lowest BCUT2D eigenvalue weighted by atomic mass is 10.0. The molecule has 2 saturated carbocycles. The zero-order valence-electron chi connectivity index (χ0n) is 19.1. The number of benzene rings is 1. The second-order valence-corrected chi connectivity index (χ2v) is 9.35. The summed E-state index contributed by atoms with van der Waals surface area (Å²) in [7, 11) is 0. The molecule has 0 unspecified atom stereocenters. The third kappa shape index (κ3) is 4.04. The SMILES string of the molecule is Oc1ccc(-c2nn3c(NC4CCCC4)nccc3c2-c2ccnc(NC3CCCC3)n2)cc1. The van der Waals surface area contributed by atoms with E-state index in [0.29, 0.717) is 18.0 Å². The van der Waals surface area contributed by atoms with Crippen LogP contribution in [0.25, 0.3) is 28.0 Å². The Morgan fingerprint density at radius 2 is 1.47 bits per heavy atom. The molecule has 8 heteroatoms. The van der Waals surface area contributed by atoms with Crippen LogP contribution in [-0.4, -0.2) is 41.8 Å². The van der Waals surface area contributed by atoms with Gasteiger partial charge in [-0.3, -0.25) is 0 Å². The van der Waals surface area contributed by atoms with Gasteiger partial charge in [0.2, 0.25) is 11.9 Å². The second kappa shape index (κ2) is 8.93. The van der Waals surface area contributed by atoms with Gasteiger partial charge in [0.25, 0.3) is 0 Å². The summed E-state index contributed by atoms with van der Waals surface area (Å²) >= 11 is 0. The van der Waals surface area contributed by atoms with Crippen LogP contribution in [0.5, 0.6) is 5.75 Å². The Morgan fingerprint density at radius 3 is 2.21 bits per heavy atom. The lowest BCUT2D eigenvalue weighted by Crippen LogP contribution is -2.18. The van der Waals surface area contributed by atoms with Crippen LogP contribution in [0.3, 0.4) is 0 Å². The van der Waals surface area contributed by atoms with E-state index in [0.717, 1.165) is 59.7 Å². The van der Waals surface area contributed by atoms with E-state index in [1.165, 1.54) is 25.7 Å². The molecule has 1 aromatic carbocycles. The first-order valence-electron chi connectivity index (χ1n) is 12.3. The summed E-state index contributed by atoms with van der Waals surface area (Å²) < 4.78 is 1.89. The van der Waals surface area contributed by atoms with E-state index in [1.807, 2.05) is 41.2 Å². The summed E-state index contributed by atoms with van der Waals surface area (Å²) in [5, 5.41) is 21.9. The molecule has 174 valence electrons. The molecule has 34 heavy (non-hydrogen) atoms. The third-order valence-corrected chi connectivity index (χ3v) is 6.98. The summed E-state index contributed by atoms with van der Waals surface area (Å²) in [6.07, 6.45) is 13.2. The van der Waals surface area contributed by atoms with Crippen LogP contribution >= 0.6 is 0 Å². The maximum atomic E-state index is 9.83. The van der Waals surface area contributed by atoms with Crippen LogP contribution in [0, 0.1) is 0 Å². The Bertz CT molecular complexity index is 1290. The first-order chi connectivity index (χ1) is 16.7. The molecule has 0 radical (unpaired) electrons. The van der Waals surface area contributed by atoms with Gasteiger partial charge < -0.3 is 15.7 Å². The molecule has 3 aromatic heterocycles. The molecule has 0 aliphatic heterocycles. The third-order valence-electron chi connectivity index (χ3n) is 6.98. The standard InChI is InChI=1S/C26H29N7O/c34-20-11-9-17(10-12-20)24-23(21-13-15-27-25(31-21)29-18-5-1-2-6-18)22-14-16-28-26(33(22)32-24)30-19-7-3-4-8-19/h9-16,18-19,34H,1-8H2,(H,28,30)(H,27,29,31). The van der Waals surface area contributed by atoms with Crippen LogP contribution in [0.4, 0.5) is 11.9 Å². The number of nitrogens with zero attached hydrogens (tertiary/aromatic N) is 5. The van der Waals surface area contributed by atoms with E-state index >= 15 is 0 Å². The van der Waals surface area contributed by atoms with Crippen LogP contribution in [0.1, 0.15) is 51.4 Å². The predicted molar refractivity (Wildman–Crippen MR) is 133 cm³/mol. The van der Waals surface area contributed by atoms with E-state index in [-0.39, 0.29) is 5.75 Å². The van der Waals surface area contributed by atoms with Gasteiger partial charge in [0.15, 0.2) is 0 Å². The average Bonchev–Trinajstić information content (AvgIpc) is 3.61. The molecule has 6 rings (SSSR count). The number of hydrogen-bond acceptors (Lipinski definition) is 7. The normalized spacial score (nSPS) is 16.9. The Labute approximate surface area is 198 Å². The summed E-state index contributed by atoms with van der Waals surface area (Å²) in [6.45, 7) is 0. The second-order valence-electron chi connectivity index (χ2n) is 9.35. The highest BCUT2D eigenvalue weighted by molar-refractivity contribution is 5.91. The average molecular weight is 456 g/mol. The molecule has 8 nitrogen and oxygen atoms in total. The molecule has 0 amide bonds. The van der Waals surface area contributed by atoms with Crippen molar-refractivity contribution in [1.29, 1.82) is 0 Å². The van der Waals surface area contributed by atoms with Crippen molar-refractivity contribution in [2.45, 2.75) is 63.5 Å². The van der Waals surface area contributed by atoms with Gasteiger partial charge in [-0.25, -0.2) is 15.0 Å². The zero-order valence-corrected chi connectivity index (χ0v) is 19.1. The smallest absolute Gasteiger partial charge is 0.224 e. The molecule has 0 saturated heterocycles. The number of aromatic nitrogens is 5. The predicted octanol–water partition coefficient (Wildman–Crippen LogP) is 5.27. The molecular weight excluding hydrogens is 426 g/mol. The van der Waals surface area contributed by atoms with Crippen molar-refractivity contribution >= 4 is 17.4 Å². The number of rotatable bonds is 6. The molecule has 4 aromatic rings. The largest absolute Gasteiger partial charge is 0.508 e. The Balaban J connectivity index is 1.47. The number of phenolic OH excluding ortho intramolecular Hbond substituents is 1. The van der Waals surface area contributed by atoms with Crippen molar-refractivity contribution in [3.05, 3.63) is 48.8 Å². The minimum atomic E-state index is 0.226. The first kappa shape index (κ1) is 20.9. The fourth-order valence-electron chi connectivity index (χ4n) is 5.22. The summed E-state index contributed by atoms with van der Waals surface area (Å²) in [4.78, 5) is 14.0. The maximum absolute atomic E-state index is 9.83. The molecule has 2 aliphatic carbocycles. The molecule has 0 spiro atoms. The van der Waals surface area contributed by atoms with Crippen LogP contribution < -0.4 is 10.6 Å². The van der Waals surface area contributed by atoms with E-state index in [4.69, 9.17) is 10.1 Å². The fraction of sp³-hybridized carbons (Fsp3) is 0.385. The Hall–Kier alpha value is -3.68. The lowest BCUT2D eigenvalue weighted by Gasteiger charge is -2.13. The van der Waals surface area contributed by atoms with E-state index in [1.54, 1.807) is 12.1 Å². The molecule has 0 bridgehead atoms. The summed E-state index contributed by atoms with van der Waals surface area (Å²) in [6, 6.07) is 11.9. The Kier molecular flexibility index (Phi) is 5.49. The van der Waals surface area contributed by atoms with Crippen LogP contribution in [-0.2, 0) is 0 Å². The van der Waals surface area contributed by atoms with Gasteiger partial charge >= 0.3 is 0 Å². The lowest BCUT2D eigenvalue weighted by molar-refractivity contribution is 0.475. The van der Waals surface area contributed by atoms with Gasteiger partial charge in [-0.15, -0.1) is 0 Å². The van der Waals surface area contributed by atoms with Gasteiger partial charge in [-0.2, -0.15) is 9.61 Å². The number of hydrogen-bond donors (Lipinski definition) is 3. The molecule has 0 atom stereocenters. The first-order valence-corrected chi connectivity index (χ1v) is 12.3. The molecular formula is C26H29N7O. The van der Waals surface area contributed by atoms with Crippen LogP contribution in [0.15, 0.2) is 48.8 Å². The number of fused-ring (bicyclic) bond motifs is 1. The number of phenols is 1. The minimum Gasteiger partial charge on any atom is -0.508 e. The molecule has 3 heterocycles. The van der Waals surface area contributed by atoms with Gasteiger partial charge in [-0.05, 0) is 62.1 Å². The zero-order chi connectivity index (χ0) is 22.9. The van der Waals surface area contributed by atoms with Crippen molar-refractivity contribution in [2.75, 3.05) is 10.6 Å². The minimum absolute atomic E-state index is 0.226. The van der Waals surface area contributed by atoms with Crippen LogP contribution in [0.2, 0.25) is 0 Å². The maximum Gasteiger partial charge on any atom is 0.224 e. The van der Waals surface area contributed by atoms with Gasteiger partial charge in [-0.1, -0.05) is 25.7 Å². The van der Waals surface area contributed by atoms with Crippen molar-refractivity contribution in [3.63, 3.8) is 0 Å². The molecule has 3 N–H and O–H groups in total. The van der Waals surface area contributed by atoms with Gasteiger partial charge in [0, 0.05) is 30.0 Å².